The zero-order valence-corrected chi connectivity index (χ0v) is 16.6. The molecule has 0 aliphatic carbocycles. The number of hydroxylamine groups is 2. The molecule has 1 aromatic carbocycles. The Morgan fingerprint density at radius 2 is 2.17 bits per heavy atom. The molecule has 0 radical (unpaired) electrons. The summed E-state index contributed by atoms with van der Waals surface area (Å²) < 4.78 is 31.7. The SMILES string of the molecule is CN1OC(C)(C)CC1S(=O)(=O)Cc1noc2c(Cl)ccc(I)c12. The standard InChI is InChI=1S/C14H16ClIN2O4S/c1-14(2)6-11(18(3)22-14)23(19,20)7-10-12-9(16)5-4-8(15)13(12)21-17-10/h4-5,11H,6-7H2,1-3H3. The highest BCUT2D eigenvalue weighted by molar-refractivity contribution is 14.1. The summed E-state index contributed by atoms with van der Waals surface area (Å²) in [6, 6.07) is 3.52. The Bertz CT molecular complexity index is 865. The van der Waals surface area contributed by atoms with Crippen LogP contribution < -0.4 is 0 Å². The van der Waals surface area contributed by atoms with E-state index in [2.05, 4.69) is 27.7 Å². The number of benzene rings is 1. The van der Waals surface area contributed by atoms with Crippen molar-refractivity contribution in [1.29, 1.82) is 0 Å². The fourth-order valence-electron chi connectivity index (χ4n) is 2.81. The maximum atomic E-state index is 12.8. The van der Waals surface area contributed by atoms with Crippen LogP contribution in [0.1, 0.15) is 26.0 Å². The van der Waals surface area contributed by atoms with Gasteiger partial charge in [0, 0.05) is 17.0 Å². The van der Waals surface area contributed by atoms with Crippen LogP contribution >= 0.6 is 34.2 Å². The highest BCUT2D eigenvalue weighted by atomic mass is 127. The molecule has 0 bridgehead atoms. The molecule has 2 aromatic rings. The molecule has 0 N–H and O–H groups in total. The molecular weight excluding hydrogens is 455 g/mol. The minimum absolute atomic E-state index is 0.217. The Hall–Kier alpha value is -0.420. The monoisotopic (exact) mass is 470 g/mol. The molecule has 0 amide bonds. The number of hydrogen-bond acceptors (Lipinski definition) is 6. The summed E-state index contributed by atoms with van der Waals surface area (Å²) in [4.78, 5) is 5.58. The normalized spacial score (nSPS) is 22.0. The van der Waals surface area contributed by atoms with E-state index < -0.39 is 20.8 Å². The van der Waals surface area contributed by atoms with E-state index in [1.54, 1.807) is 13.1 Å². The summed E-state index contributed by atoms with van der Waals surface area (Å²) in [7, 11) is -1.85. The molecule has 1 atom stereocenters. The van der Waals surface area contributed by atoms with E-state index in [0.717, 1.165) is 3.57 Å². The summed E-state index contributed by atoms with van der Waals surface area (Å²) in [6.07, 6.45) is 0.402. The van der Waals surface area contributed by atoms with Crippen molar-refractivity contribution in [2.75, 3.05) is 7.05 Å². The molecule has 1 saturated heterocycles. The molecule has 3 rings (SSSR count). The van der Waals surface area contributed by atoms with Crippen LogP contribution in [0.15, 0.2) is 16.7 Å². The average molecular weight is 471 g/mol. The van der Waals surface area contributed by atoms with Gasteiger partial charge in [-0.1, -0.05) is 16.8 Å². The van der Waals surface area contributed by atoms with E-state index >= 15 is 0 Å². The van der Waals surface area contributed by atoms with Crippen molar-refractivity contribution in [2.45, 2.75) is 37.0 Å². The molecule has 1 aliphatic heterocycles. The first-order valence-corrected chi connectivity index (χ1v) is 10.1. The van der Waals surface area contributed by atoms with Gasteiger partial charge in [-0.05, 0) is 48.6 Å². The van der Waals surface area contributed by atoms with Crippen molar-refractivity contribution in [1.82, 2.24) is 10.2 Å². The van der Waals surface area contributed by atoms with E-state index in [0.29, 0.717) is 28.1 Å². The van der Waals surface area contributed by atoms with Crippen molar-refractivity contribution in [2.24, 2.45) is 0 Å². The van der Waals surface area contributed by atoms with Gasteiger partial charge in [0.15, 0.2) is 15.4 Å². The molecular formula is C14H16ClIN2O4S. The highest BCUT2D eigenvalue weighted by Crippen LogP contribution is 2.35. The van der Waals surface area contributed by atoms with Gasteiger partial charge in [0.1, 0.15) is 11.1 Å². The second-order valence-corrected chi connectivity index (χ2v) is 9.95. The number of aromatic nitrogens is 1. The van der Waals surface area contributed by atoms with E-state index in [1.807, 2.05) is 19.9 Å². The lowest BCUT2D eigenvalue weighted by Gasteiger charge is -2.18. The average Bonchev–Trinajstić information content (AvgIpc) is 2.95. The van der Waals surface area contributed by atoms with Crippen LogP contribution in [0.5, 0.6) is 0 Å². The van der Waals surface area contributed by atoms with Gasteiger partial charge >= 0.3 is 0 Å². The largest absolute Gasteiger partial charge is 0.354 e. The lowest BCUT2D eigenvalue weighted by molar-refractivity contribution is -0.168. The number of rotatable bonds is 3. The van der Waals surface area contributed by atoms with E-state index in [4.69, 9.17) is 21.0 Å². The zero-order chi connectivity index (χ0) is 17.0. The van der Waals surface area contributed by atoms with Gasteiger partial charge in [0.2, 0.25) is 0 Å². The minimum atomic E-state index is -3.49. The Balaban J connectivity index is 1.98. The first-order chi connectivity index (χ1) is 10.6. The maximum absolute atomic E-state index is 12.8. The number of nitrogens with zero attached hydrogens (tertiary/aromatic N) is 2. The van der Waals surface area contributed by atoms with Crippen LogP contribution in [0.25, 0.3) is 11.0 Å². The van der Waals surface area contributed by atoms with Gasteiger partial charge in [0.25, 0.3) is 0 Å². The van der Waals surface area contributed by atoms with Gasteiger partial charge in [-0.15, -0.1) is 0 Å². The molecule has 126 valence electrons. The molecule has 0 saturated carbocycles. The van der Waals surface area contributed by atoms with Crippen molar-refractivity contribution < 1.29 is 17.8 Å². The molecule has 9 heteroatoms. The Morgan fingerprint density at radius 3 is 2.78 bits per heavy atom. The number of hydrogen-bond donors (Lipinski definition) is 0. The Kier molecular flexibility index (Phi) is 4.41. The molecule has 23 heavy (non-hydrogen) atoms. The third kappa shape index (κ3) is 3.23. The first kappa shape index (κ1) is 17.4. The Labute approximate surface area is 153 Å². The summed E-state index contributed by atoms with van der Waals surface area (Å²) in [6.45, 7) is 3.74. The minimum Gasteiger partial charge on any atom is -0.354 e. The van der Waals surface area contributed by atoms with Crippen molar-refractivity contribution in [3.8, 4) is 0 Å². The van der Waals surface area contributed by atoms with E-state index in [9.17, 15) is 8.42 Å². The fourth-order valence-corrected chi connectivity index (χ4v) is 5.66. The lowest BCUT2D eigenvalue weighted by Crippen LogP contribution is -2.33. The number of halogens is 2. The summed E-state index contributed by atoms with van der Waals surface area (Å²) in [5.74, 6) is -0.217. The van der Waals surface area contributed by atoms with Gasteiger partial charge in [-0.25, -0.2) is 8.42 Å². The van der Waals surface area contributed by atoms with Gasteiger partial charge in [0.05, 0.1) is 21.8 Å². The van der Waals surface area contributed by atoms with Gasteiger partial charge < -0.3 is 4.52 Å². The van der Waals surface area contributed by atoms with Crippen molar-refractivity contribution in [3.63, 3.8) is 0 Å². The molecule has 6 nitrogen and oxygen atoms in total. The second kappa shape index (κ2) is 5.83. The second-order valence-electron chi connectivity index (χ2n) is 6.23. The van der Waals surface area contributed by atoms with Crippen LogP contribution in [0.2, 0.25) is 5.02 Å². The molecule has 1 fully saturated rings. The summed E-state index contributed by atoms with van der Waals surface area (Å²) in [5.41, 5.74) is 0.293. The van der Waals surface area contributed by atoms with Crippen LogP contribution in [0.3, 0.4) is 0 Å². The predicted molar refractivity (Wildman–Crippen MR) is 95.7 cm³/mol. The number of sulfone groups is 1. The highest BCUT2D eigenvalue weighted by Gasteiger charge is 2.44. The maximum Gasteiger partial charge on any atom is 0.186 e. The van der Waals surface area contributed by atoms with Crippen molar-refractivity contribution >= 4 is 55.0 Å². The van der Waals surface area contributed by atoms with Crippen LogP contribution in [-0.2, 0) is 20.4 Å². The zero-order valence-electron chi connectivity index (χ0n) is 12.8. The first-order valence-electron chi connectivity index (χ1n) is 6.96. The molecule has 1 aromatic heterocycles. The quantitative estimate of drug-likeness (QED) is 0.641. The summed E-state index contributed by atoms with van der Waals surface area (Å²) >= 11 is 8.20. The fraction of sp³-hybridized carbons (Fsp3) is 0.500. The molecule has 2 heterocycles. The van der Waals surface area contributed by atoms with Crippen LogP contribution in [-0.4, -0.2) is 36.7 Å². The molecule has 1 unspecified atom stereocenters. The van der Waals surface area contributed by atoms with Crippen LogP contribution in [0.4, 0.5) is 0 Å². The van der Waals surface area contributed by atoms with E-state index in [1.165, 1.54) is 5.06 Å². The van der Waals surface area contributed by atoms with E-state index in [-0.39, 0.29) is 5.75 Å². The van der Waals surface area contributed by atoms with Gasteiger partial charge in [-0.2, -0.15) is 5.06 Å². The lowest BCUT2D eigenvalue weighted by atomic mass is 10.1. The third-order valence-corrected chi connectivity index (χ3v) is 6.97. The Morgan fingerprint density at radius 1 is 1.48 bits per heavy atom. The number of fused-ring (bicyclic) bond motifs is 1. The molecule has 1 aliphatic rings. The predicted octanol–water partition coefficient (Wildman–Crippen LogP) is 3.37. The third-order valence-electron chi connectivity index (χ3n) is 3.81. The smallest absolute Gasteiger partial charge is 0.186 e. The topological polar surface area (TPSA) is 72.6 Å². The van der Waals surface area contributed by atoms with Crippen molar-refractivity contribution in [3.05, 3.63) is 26.4 Å². The molecule has 0 spiro atoms. The summed E-state index contributed by atoms with van der Waals surface area (Å²) in [5, 5.41) is 5.71. The van der Waals surface area contributed by atoms with Gasteiger partial charge in [-0.3, -0.25) is 4.84 Å². The van der Waals surface area contributed by atoms with Crippen LogP contribution in [0, 0.1) is 3.57 Å².